The quantitative estimate of drug-likeness (QED) is 0.0566. The lowest BCUT2D eigenvalue weighted by Crippen LogP contribution is -2.27. The highest BCUT2D eigenvalue weighted by atomic mass is 35.5. The van der Waals surface area contributed by atoms with Gasteiger partial charge in [0.1, 0.15) is 0 Å². The van der Waals surface area contributed by atoms with Crippen LogP contribution in [0.15, 0.2) is 119 Å². The van der Waals surface area contributed by atoms with Crippen molar-refractivity contribution in [3.63, 3.8) is 0 Å². The Morgan fingerprint density at radius 2 is 1.58 bits per heavy atom. The summed E-state index contributed by atoms with van der Waals surface area (Å²) >= 11 is 5.95. The maximum atomic E-state index is 12.8. The van der Waals surface area contributed by atoms with E-state index < -0.39 is 35.2 Å². The SMILES string of the molecule is CCN(Cc1cccc(S(=O)(=O)O)c1)c1ccc2nc3ccc(=[N+]=C4C=CC(Nc5nc(Cl)nc(OC)n5)=CC4=S(=O)(O)O)cc-3n(-c3ccc(S(=O)(=O)O)cc3)c2c1. The second-order valence-electron chi connectivity index (χ2n) is 12.7. The van der Waals surface area contributed by atoms with Gasteiger partial charge in [-0.1, -0.05) is 16.8 Å². The maximum Gasteiger partial charge on any atom is 0.347 e. The lowest BCUT2D eigenvalue weighted by Gasteiger charge is -2.25. The molecule has 1 aliphatic heterocycles. The van der Waals surface area contributed by atoms with Gasteiger partial charge in [0.05, 0.1) is 45.4 Å². The fourth-order valence-corrected chi connectivity index (χ4v) is 8.05. The molecule has 5 N–H and O–H groups in total. The number of nitrogens with zero attached hydrogens (tertiary/aromatic N) is 7. The lowest BCUT2D eigenvalue weighted by atomic mass is 10.1. The Labute approximate surface area is 342 Å². The molecule has 0 radical (unpaired) electrons. The normalized spacial score (nSPS) is 13.4. The summed E-state index contributed by atoms with van der Waals surface area (Å²) in [5, 5.41) is 2.92. The van der Waals surface area contributed by atoms with Crippen LogP contribution in [0.2, 0.25) is 5.28 Å². The molecule has 0 bridgehead atoms. The molecule has 18 nitrogen and oxygen atoms in total. The monoisotopic (exact) mass is 879 g/mol. The smallest absolute Gasteiger partial charge is 0.347 e. The summed E-state index contributed by atoms with van der Waals surface area (Å²) in [5.41, 5.74) is 3.97. The zero-order chi connectivity index (χ0) is 42.3. The minimum Gasteiger partial charge on any atom is -0.467 e. The molecule has 304 valence electrons. The molecule has 59 heavy (non-hydrogen) atoms. The number of hydrogen-bond donors (Lipinski definition) is 5. The zero-order valence-corrected chi connectivity index (χ0v) is 33.9. The number of aromatic nitrogens is 5. The largest absolute Gasteiger partial charge is 0.467 e. The summed E-state index contributed by atoms with van der Waals surface area (Å²) in [4.78, 5) is 17.6. The highest BCUT2D eigenvalue weighted by Crippen LogP contribution is 2.32. The van der Waals surface area contributed by atoms with Crippen molar-refractivity contribution in [1.29, 1.82) is 0 Å². The Morgan fingerprint density at radius 3 is 2.25 bits per heavy atom. The van der Waals surface area contributed by atoms with Gasteiger partial charge >= 0.3 is 17.1 Å². The molecule has 4 aromatic rings. The second kappa shape index (κ2) is 16.0. The Balaban J connectivity index is 1.40. The first-order chi connectivity index (χ1) is 27.9. The fourth-order valence-electron chi connectivity index (χ4n) is 6.20. The Bertz CT molecular complexity index is 3170. The molecule has 0 unspecified atom stereocenters. The van der Waals surface area contributed by atoms with Crippen LogP contribution >= 0.6 is 11.6 Å². The summed E-state index contributed by atoms with van der Waals surface area (Å²) in [6.45, 7) is 2.67. The van der Waals surface area contributed by atoms with Gasteiger partial charge in [-0.25, -0.2) is 9.19 Å². The number of fused-ring (bicyclic) bond motifs is 2. The van der Waals surface area contributed by atoms with E-state index in [1.54, 1.807) is 34.9 Å². The predicted octanol–water partition coefficient (Wildman–Crippen LogP) is 3.87. The standard InChI is InChI=1S/C37H31ClN8O10S3/c1-3-45(21-22-5-4-6-28(17-22)58(50,51)52)26-11-16-30-33(20-26)46(25-9-12-27(13-10-25)57(47,48)49)32-18-23(7-14-29(32)41-30)39-31-15-8-24(19-34(31)59(53,54)55)40-36-42-35(38)43-37(44-36)56-2/h4-20H,3,21H2,1-2H3,(H4,40,41,42,43,44,47,48,49,50,51,52,53,54,55)/p+1. The highest BCUT2D eigenvalue weighted by molar-refractivity contribution is 7.93. The van der Waals surface area contributed by atoms with Crippen molar-refractivity contribution < 1.29 is 44.0 Å². The van der Waals surface area contributed by atoms with Crippen LogP contribution in [0.5, 0.6) is 6.01 Å². The summed E-state index contributed by atoms with van der Waals surface area (Å²) < 4.78 is 112. The van der Waals surface area contributed by atoms with E-state index in [1.807, 2.05) is 24.0 Å². The van der Waals surface area contributed by atoms with E-state index in [2.05, 4.69) is 24.9 Å². The van der Waals surface area contributed by atoms with Crippen LogP contribution < -0.4 is 25.0 Å². The summed E-state index contributed by atoms with van der Waals surface area (Å²) in [5.74, 6) is -0.0418. The van der Waals surface area contributed by atoms with Crippen molar-refractivity contribution in [2.75, 3.05) is 23.9 Å². The van der Waals surface area contributed by atoms with Gasteiger partial charge in [-0.3, -0.25) is 18.2 Å². The molecular weight excluding hydrogens is 848 g/mol. The molecule has 0 fully saturated rings. The molecule has 0 atom stereocenters. The number of benzene rings is 4. The van der Waals surface area contributed by atoms with Crippen molar-refractivity contribution in [3.8, 4) is 23.1 Å². The minimum atomic E-state index is -4.60. The molecule has 1 aromatic heterocycles. The topological polar surface area (TPSA) is 261 Å². The van der Waals surface area contributed by atoms with E-state index in [-0.39, 0.29) is 50.3 Å². The summed E-state index contributed by atoms with van der Waals surface area (Å²) in [7, 11) is -12.2. The van der Waals surface area contributed by atoms with Gasteiger partial charge in [0.2, 0.25) is 21.3 Å². The molecule has 22 heteroatoms. The average molecular weight is 880 g/mol. The van der Waals surface area contributed by atoms with Gasteiger partial charge in [0, 0.05) is 42.3 Å². The van der Waals surface area contributed by atoms with E-state index >= 15 is 0 Å². The van der Waals surface area contributed by atoms with Crippen LogP contribution in [0.1, 0.15) is 12.5 Å². The second-order valence-corrected chi connectivity index (χ2v) is 17.3. The molecule has 0 saturated heterocycles. The number of anilines is 2. The molecule has 3 aromatic carbocycles. The number of nitrogens with one attached hydrogen (secondary N) is 1. The summed E-state index contributed by atoms with van der Waals surface area (Å²) in [6.07, 6.45) is 4.09. The molecule has 2 aliphatic carbocycles. The number of rotatable bonds is 10. The van der Waals surface area contributed by atoms with E-state index in [0.717, 1.165) is 0 Å². The third-order valence-electron chi connectivity index (χ3n) is 8.87. The molecule has 2 heterocycles. The molecule has 0 saturated carbocycles. The van der Waals surface area contributed by atoms with Crippen LogP contribution in [0, 0.1) is 0 Å². The molecule has 0 amide bonds. The molecule has 0 spiro atoms. The molecule has 3 aliphatic rings. The first kappa shape index (κ1) is 41.2. The van der Waals surface area contributed by atoms with E-state index in [1.165, 1.54) is 67.8 Å². The minimum absolute atomic E-state index is 0.0418. The van der Waals surface area contributed by atoms with Gasteiger partial charge in [0.25, 0.3) is 20.2 Å². The van der Waals surface area contributed by atoms with Gasteiger partial charge in [-0.15, -0.1) is 0 Å². The zero-order valence-electron chi connectivity index (χ0n) is 30.7. The van der Waals surface area contributed by atoms with Gasteiger partial charge in [-0.2, -0.15) is 31.8 Å². The van der Waals surface area contributed by atoms with E-state index in [4.69, 9.17) is 21.3 Å². The van der Waals surface area contributed by atoms with Crippen molar-refractivity contribution in [3.05, 3.63) is 125 Å². The first-order valence-electron chi connectivity index (χ1n) is 17.2. The van der Waals surface area contributed by atoms with Crippen LogP contribution in [-0.2, 0) is 36.9 Å². The van der Waals surface area contributed by atoms with E-state index in [0.29, 0.717) is 45.9 Å². The van der Waals surface area contributed by atoms with Crippen molar-refractivity contribution >= 4 is 75.2 Å². The lowest BCUT2D eigenvalue weighted by molar-refractivity contribution is 0.379. The van der Waals surface area contributed by atoms with Crippen LogP contribution in [-0.4, -0.2) is 88.0 Å². The number of hydrogen-bond acceptors (Lipinski definition) is 12. The van der Waals surface area contributed by atoms with E-state index in [9.17, 15) is 39.3 Å². The van der Waals surface area contributed by atoms with Crippen molar-refractivity contribution in [2.45, 2.75) is 23.3 Å². The highest BCUT2D eigenvalue weighted by Gasteiger charge is 2.26. The van der Waals surface area contributed by atoms with Crippen molar-refractivity contribution in [2.24, 2.45) is 0 Å². The number of halogens is 1. The average Bonchev–Trinajstić information content (AvgIpc) is 3.18. The number of allylic oxidation sites excluding steroid dienone is 3. The predicted molar refractivity (Wildman–Crippen MR) is 221 cm³/mol. The van der Waals surface area contributed by atoms with Gasteiger partial charge in [0.15, 0.2) is 4.86 Å². The number of ether oxygens (including phenoxy) is 1. The Morgan fingerprint density at radius 1 is 0.831 bits per heavy atom. The molecule has 7 rings (SSSR count). The van der Waals surface area contributed by atoms with Gasteiger partial charge in [-0.05, 0) is 96.9 Å². The van der Waals surface area contributed by atoms with Gasteiger partial charge < -0.3 is 19.5 Å². The van der Waals surface area contributed by atoms with Crippen molar-refractivity contribution in [1.82, 2.24) is 29.2 Å². The first-order valence-corrected chi connectivity index (χ1v) is 21.9. The third-order valence-corrected chi connectivity index (χ3v) is 11.7. The Hall–Kier alpha value is -6.00. The number of methoxy groups -OCH3 is 1. The Kier molecular flexibility index (Phi) is 11.2. The molecular formula is C37H32ClN8O10S3+. The van der Waals surface area contributed by atoms with Crippen LogP contribution in [0.25, 0.3) is 28.1 Å². The fraction of sp³-hybridized carbons (Fsp3) is 0.108. The summed E-state index contributed by atoms with van der Waals surface area (Å²) in [6, 6.07) is 21.8. The van der Waals surface area contributed by atoms with Crippen LogP contribution in [0.3, 0.4) is 0 Å². The van der Waals surface area contributed by atoms with Crippen LogP contribution in [0.4, 0.5) is 11.6 Å². The maximum absolute atomic E-state index is 12.8. The third kappa shape index (κ3) is 9.18.